The van der Waals surface area contributed by atoms with Crippen LogP contribution in [0, 0.1) is 6.92 Å². The zero-order chi connectivity index (χ0) is 25.7. The van der Waals surface area contributed by atoms with E-state index in [2.05, 4.69) is 27.8 Å². The van der Waals surface area contributed by atoms with E-state index in [0.717, 1.165) is 10.5 Å². The van der Waals surface area contributed by atoms with E-state index in [4.69, 9.17) is 9.47 Å². The molecule has 0 atom stereocenters. The SMILES string of the molecule is C=CCOc1ccc(/C=C2\C(=O)NC(=O)N(c3ccc(OCc4ccc(C)cc4)cc3)C2=O)cc1Br. The molecule has 4 rings (SSSR count). The number of benzene rings is 3. The van der Waals surface area contributed by atoms with Gasteiger partial charge in [0.1, 0.15) is 30.3 Å². The Kier molecular flexibility index (Phi) is 7.65. The minimum atomic E-state index is -0.815. The van der Waals surface area contributed by atoms with Crippen LogP contribution in [-0.2, 0) is 16.2 Å². The number of carbonyl (C=O) groups is 3. The van der Waals surface area contributed by atoms with Gasteiger partial charge in [0.15, 0.2) is 0 Å². The number of halogens is 1. The molecule has 0 saturated carbocycles. The van der Waals surface area contributed by atoms with Gasteiger partial charge < -0.3 is 9.47 Å². The van der Waals surface area contributed by atoms with Crippen molar-refractivity contribution in [1.29, 1.82) is 0 Å². The molecule has 0 bridgehead atoms. The summed E-state index contributed by atoms with van der Waals surface area (Å²) in [6.45, 7) is 6.36. The van der Waals surface area contributed by atoms with Crippen LogP contribution in [0.15, 0.2) is 89.4 Å². The average molecular weight is 547 g/mol. The molecule has 1 aliphatic heterocycles. The molecule has 0 aliphatic carbocycles. The summed E-state index contributed by atoms with van der Waals surface area (Å²) in [6, 6.07) is 18.9. The predicted molar refractivity (Wildman–Crippen MR) is 141 cm³/mol. The normalized spacial score (nSPS) is 14.6. The van der Waals surface area contributed by atoms with Gasteiger partial charge in [-0.3, -0.25) is 14.9 Å². The minimum Gasteiger partial charge on any atom is -0.489 e. The molecule has 7 nitrogen and oxygen atoms in total. The molecule has 1 aliphatic rings. The summed E-state index contributed by atoms with van der Waals surface area (Å²) in [5.41, 5.74) is 2.92. The number of rotatable bonds is 8. The predicted octanol–water partition coefficient (Wildman–Crippen LogP) is 5.57. The third-order valence-corrected chi connectivity index (χ3v) is 5.97. The van der Waals surface area contributed by atoms with Crippen LogP contribution in [0.4, 0.5) is 10.5 Å². The fourth-order valence-corrected chi connectivity index (χ4v) is 3.98. The maximum Gasteiger partial charge on any atom is 0.335 e. The Labute approximate surface area is 217 Å². The number of carbonyl (C=O) groups excluding carboxylic acids is 3. The van der Waals surface area contributed by atoms with Crippen LogP contribution in [0.25, 0.3) is 6.08 Å². The highest BCUT2D eigenvalue weighted by atomic mass is 79.9. The topological polar surface area (TPSA) is 84.9 Å². The van der Waals surface area contributed by atoms with E-state index in [9.17, 15) is 14.4 Å². The molecule has 1 fully saturated rings. The van der Waals surface area contributed by atoms with Crippen molar-refractivity contribution in [2.45, 2.75) is 13.5 Å². The minimum absolute atomic E-state index is 0.166. The van der Waals surface area contributed by atoms with E-state index in [0.29, 0.717) is 40.4 Å². The van der Waals surface area contributed by atoms with Gasteiger partial charge in [-0.15, -0.1) is 0 Å². The molecule has 8 heteroatoms. The number of barbiturate groups is 1. The van der Waals surface area contributed by atoms with Gasteiger partial charge >= 0.3 is 6.03 Å². The van der Waals surface area contributed by atoms with Gasteiger partial charge in [-0.25, -0.2) is 9.69 Å². The Morgan fingerprint density at radius 3 is 2.36 bits per heavy atom. The number of hydrogen-bond donors (Lipinski definition) is 1. The van der Waals surface area contributed by atoms with Crippen molar-refractivity contribution in [1.82, 2.24) is 5.32 Å². The third-order valence-electron chi connectivity index (χ3n) is 5.35. The third kappa shape index (κ3) is 5.72. The standard InChI is InChI=1S/C28H23BrN2O5/c1-3-14-35-25-13-8-20(16-24(25)29)15-23-26(32)30-28(34)31(27(23)33)21-9-11-22(12-10-21)36-17-19-6-4-18(2)5-7-19/h3-13,15-16H,1,14,17H2,2H3,(H,30,32,34)/b23-15+. The Morgan fingerprint density at radius 2 is 1.69 bits per heavy atom. The zero-order valence-electron chi connectivity index (χ0n) is 19.5. The van der Waals surface area contributed by atoms with Gasteiger partial charge in [-0.2, -0.15) is 0 Å². The number of ether oxygens (including phenoxy) is 2. The van der Waals surface area contributed by atoms with Gasteiger partial charge in [0.05, 0.1) is 10.2 Å². The van der Waals surface area contributed by atoms with Crippen LogP contribution < -0.4 is 19.7 Å². The fraction of sp³-hybridized carbons (Fsp3) is 0.107. The highest BCUT2D eigenvalue weighted by molar-refractivity contribution is 9.10. The molecule has 1 saturated heterocycles. The second-order valence-electron chi connectivity index (χ2n) is 8.02. The first kappa shape index (κ1) is 24.9. The average Bonchev–Trinajstić information content (AvgIpc) is 2.86. The van der Waals surface area contributed by atoms with Crippen molar-refractivity contribution in [3.8, 4) is 11.5 Å². The largest absolute Gasteiger partial charge is 0.489 e. The highest BCUT2D eigenvalue weighted by Gasteiger charge is 2.36. The second kappa shape index (κ2) is 11.0. The summed E-state index contributed by atoms with van der Waals surface area (Å²) in [7, 11) is 0. The van der Waals surface area contributed by atoms with Crippen LogP contribution in [0.5, 0.6) is 11.5 Å². The summed E-state index contributed by atoms with van der Waals surface area (Å²) < 4.78 is 12.0. The van der Waals surface area contributed by atoms with E-state index < -0.39 is 17.8 Å². The lowest BCUT2D eigenvalue weighted by atomic mass is 10.1. The first-order valence-electron chi connectivity index (χ1n) is 11.1. The van der Waals surface area contributed by atoms with E-state index in [1.165, 1.54) is 11.6 Å². The van der Waals surface area contributed by atoms with Crippen molar-refractivity contribution < 1.29 is 23.9 Å². The van der Waals surface area contributed by atoms with Gasteiger partial charge in [0.25, 0.3) is 11.8 Å². The van der Waals surface area contributed by atoms with Gasteiger partial charge in [-0.1, -0.05) is 48.6 Å². The van der Waals surface area contributed by atoms with E-state index in [-0.39, 0.29) is 5.57 Å². The number of aryl methyl sites for hydroxylation is 1. The molecule has 0 unspecified atom stereocenters. The number of urea groups is 1. The van der Waals surface area contributed by atoms with Crippen LogP contribution in [0.2, 0.25) is 0 Å². The molecule has 4 amide bonds. The number of nitrogens with one attached hydrogen (secondary N) is 1. The molecule has 36 heavy (non-hydrogen) atoms. The molecule has 0 spiro atoms. The van der Waals surface area contributed by atoms with Crippen LogP contribution in [-0.4, -0.2) is 24.5 Å². The molecule has 3 aromatic carbocycles. The fourth-order valence-electron chi connectivity index (χ4n) is 3.47. The lowest BCUT2D eigenvalue weighted by Gasteiger charge is -2.26. The van der Waals surface area contributed by atoms with E-state index >= 15 is 0 Å². The molecule has 1 heterocycles. The number of anilines is 1. The van der Waals surface area contributed by atoms with E-state index in [1.54, 1.807) is 48.5 Å². The smallest absolute Gasteiger partial charge is 0.335 e. The zero-order valence-corrected chi connectivity index (χ0v) is 21.1. The summed E-state index contributed by atoms with van der Waals surface area (Å²) >= 11 is 3.42. The van der Waals surface area contributed by atoms with Crippen LogP contribution in [0.1, 0.15) is 16.7 Å². The first-order chi connectivity index (χ1) is 17.4. The molecule has 182 valence electrons. The summed E-state index contributed by atoms with van der Waals surface area (Å²) in [4.78, 5) is 39.1. The van der Waals surface area contributed by atoms with Gasteiger partial charge in [0, 0.05) is 0 Å². The summed E-state index contributed by atoms with van der Waals surface area (Å²) in [5, 5.41) is 2.23. The highest BCUT2D eigenvalue weighted by Crippen LogP contribution is 2.29. The van der Waals surface area contributed by atoms with Crippen molar-refractivity contribution in [2.24, 2.45) is 0 Å². The van der Waals surface area contributed by atoms with Crippen molar-refractivity contribution in [2.75, 3.05) is 11.5 Å². The first-order valence-corrected chi connectivity index (χ1v) is 11.9. The Balaban J connectivity index is 1.51. The molecule has 0 radical (unpaired) electrons. The van der Waals surface area contributed by atoms with Gasteiger partial charge in [-0.05, 0) is 76.5 Å². The number of nitrogens with zero attached hydrogens (tertiary/aromatic N) is 1. The molecule has 0 aromatic heterocycles. The van der Waals surface area contributed by atoms with E-state index in [1.807, 2.05) is 31.2 Å². The summed E-state index contributed by atoms with van der Waals surface area (Å²) in [6.07, 6.45) is 3.06. The Morgan fingerprint density at radius 1 is 0.972 bits per heavy atom. The quantitative estimate of drug-likeness (QED) is 0.227. The molecular formula is C28H23BrN2O5. The van der Waals surface area contributed by atoms with Crippen LogP contribution >= 0.6 is 15.9 Å². The van der Waals surface area contributed by atoms with Crippen molar-refractivity contribution >= 4 is 45.5 Å². The monoisotopic (exact) mass is 546 g/mol. The number of imide groups is 2. The maximum absolute atomic E-state index is 13.2. The van der Waals surface area contributed by atoms with Gasteiger partial charge in [0.2, 0.25) is 0 Å². The lowest BCUT2D eigenvalue weighted by Crippen LogP contribution is -2.54. The summed E-state index contributed by atoms with van der Waals surface area (Å²) in [5.74, 6) is -0.305. The lowest BCUT2D eigenvalue weighted by molar-refractivity contribution is -0.122. The Hall–Kier alpha value is -4.17. The Bertz CT molecular complexity index is 1350. The maximum atomic E-state index is 13.2. The molecular weight excluding hydrogens is 524 g/mol. The van der Waals surface area contributed by atoms with Crippen molar-refractivity contribution in [3.63, 3.8) is 0 Å². The van der Waals surface area contributed by atoms with Crippen molar-refractivity contribution in [3.05, 3.63) is 106 Å². The number of hydrogen-bond acceptors (Lipinski definition) is 5. The molecule has 3 aromatic rings. The second-order valence-corrected chi connectivity index (χ2v) is 8.87. The number of amides is 4. The van der Waals surface area contributed by atoms with Crippen LogP contribution in [0.3, 0.4) is 0 Å². The molecule has 1 N–H and O–H groups in total.